The predicted molar refractivity (Wildman–Crippen MR) is 129 cm³/mol. The standard InChI is InChI=1S/C23H24N4O5S/c1-5-8-26-22(29)20(33-23(26)24-16-10-14(2)9-15(3)11-16)13-21(28)25-18-7-6-17(27(30)31)12-19(18)32-4/h5-7,9-12,20H,1,8,13H2,2-4H3,(H,25,28). The summed E-state index contributed by atoms with van der Waals surface area (Å²) in [7, 11) is 1.36. The van der Waals surface area contributed by atoms with Gasteiger partial charge in [0.2, 0.25) is 11.8 Å². The Morgan fingerprint density at radius 3 is 2.61 bits per heavy atom. The number of benzene rings is 2. The molecule has 1 unspecified atom stereocenters. The number of ether oxygens (including phenoxy) is 1. The van der Waals surface area contributed by atoms with Crippen LogP contribution < -0.4 is 10.1 Å². The van der Waals surface area contributed by atoms with E-state index in [2.05, 4.69) is 16.9 Å². The molecular weight excluding hydrogens is 444 g/mol. The summed E-state index contributed by atoms with van der Waals surface area (Å²) in [6.45, 7) is 7.94. The highest BCUT2D eigenvalue weighted by Crippen LogP contribution is 2.33. The number of aliphatic imine (C=N–C) groups is 1. The second-order valence-corrected chi connectivity index (χ2v) is 8.65. The van der Waals surface area contributed by atoms with Crippen molar-refractivity contribution in [2.75, 3.05) is 19.0 Å². The first-order valence-electron chi connectivity index (χ1n) is 10.1. The van der Waals surface area contributed by atoms with Crippen molar-refractivity contribution in [3.05, 3.63) is 70.3 Å². The highest BCUT2D eigenvalue weighted by atomic mass is 32.2. The van der Waals surface area contributed by atoms with Crippen LogP contribution in [0.25, 0.3) is 0 Å². The van der Waals surface area contributed by atoms with Crippen LogP contribution in [0.4, 0.5) is 17.1 Å². The van der Waals surface area contributed by atoms with Crippen molar-refractivity contribution in [1.29, 1.82) is 0 Å². The SMILES string of the molecule is C=CCN1C(=O)C(CC(=O)Nc2ccc([N+](=O)[O-])cc2OC)SC1=Nc1cc(C)cc(C)c1. The van der Waals surface area contributed by atoms with Crippen LogP contribution in [0.2, 0.25) is 0 Å². The lowest BCUT2D eigenvalue weighted by Gasteiger charge is -2.14. The zero-order chi connectivity index (χ0) is 24.1. The molecule has 3 rings (SSSR count). The van der Waals surface area contributed by atoms with Crippen molar-refractivity contribution in [2.45, 2.75) is 25.5 Å². The quantitative estimate of drug-likeness (QED) is 0.350. The fourth-order valence-electron chi connectivity index (χ4n) is 3.41. The van der Waals surface area contributed by atoms with Gasteiger partial charge in [-0.1, -0.05) is 23.9 Å². The third-order valence-corrected chi connectivity index (χ3v) is 5.98. The number of nitrogens with zero attached hydrogens (tertiary/aromatic N) is 3. The van der Waals surface area contributed by atoms with Crippen LogP contribution in [0, 0.1) is 24.0 Å². The summed E-state index contributed by atoms with van der Waals surface area (Å²) in [6, 6.07) is 9.79. The minimum Gasteiger partial charge on any atom is -0.494 e. The topological polar surface area (TPSA) is 114 Å². The van der Waals surface area contributed by atoms with Gasteiger partial charge in [-0.05, 0) is 43.2 Å². The van der Waals surface area contributed by atoms with Gasteiger partial charge in [-0.3, -0.25) is 24.6 Å². The fourth-order valence-corrected chi connectivity index (χ4v) is 4.58. The van der Waals surface area contributed by atoms with Crippen LogP contribution >= 0.6 is 11.8 Å². The smallest absolute Gasteiger partial charge is 0.273 e. The predicted octanol–water partition coefficient (Wildman–Crippen LogP) is 4.37. The number of non-ortho nitro benzene ring substituents is 1. The molecule has 1 aliphatic heterocycles. The second-order valence-electron chi connectivity index (χ2n) is 7.48. The number of aryl methyl sites for hydroxylation is 2. The van der Waals surface area contributed by atoms with Crippen molar-refractivity contribution in [1.82, 2.24) is 4.90 Å². The summed E-state index contributed by atoms with van der Waals surface area (Å²) < 4.78 is 5.15. The van der Waals surface area contributed by atoms with E-state index >= 15 is 0 Å². The number of carbonyl (C=O) groups excluding carboxylic acids is 2. The highest BCUT2D eigenvalue weighted by molar-refractivity contribution is 8.15. The summed E-state index contributed by atoms with van der Waals surface area (Å²) in [4.78, 5) is 42.2. The van der Waals surface area contributed by atoms with Crippen LogP contribution in [-0.4, -0.2) is 45.7 Å². The van der Waals surface area contributed by atoms with Crippen LogP contribution in [0.15, 0.2) is 54.0 Å². The number of amides is 2. The number of anilines is 1. The van der Waals surface area contributed by atoms with Crippen LogP contribution in [0.5, 0.6) is 5.75 Å². The summed E-state index contributed by atoms with van der Waals surface area (Å²) >= 11 is 1.23. The molecule has 1 heterocycles. The first kappa shape index (κ1) is 24.0. The van der Waals surface area contributed by atoms with Gasteiger partial charge in [0.25, 0.3) is 5.69 Å². The number of carbonyl (C=O) groups is 2. The van der Waals surface area contributed by atoms with Crippen LogP contribution in [-0.2, 0) is 9.59 Å². The van der Waals surface area contributed by atoms with Gasteiger partial charge >= 0.3 is 0 Å². The Labute approximate surface area is 195 Å². The number of nitro benzene ring substituents is 1. The molecular formula is C23H24N4O5S. The van der Waals surface area contributed by atoms with Crippen molar-refractivity contribution in [2.24, 2.45) is 4.99 Å². The number of methoxy groups -OCH3 is 1. The van der Waals surface area contributed by atoms with Crippen LogP contribution in [0.3, 0.4) is 0 Å². The number of nitro groups is 1. The average Bonchev–Trinajstić information content (AvgIpc) is 3.02. The molecule has 2 amide bonds. The molecule has 1 fully saturated rings. The number of nitrogens with one attached hydrogen (secondary N) is 1. The van der Waals surface area contributed by atoms with E-state index in [9.17, 15) is 19.7 Å². The second kappa shape index (κ2) is 10.3. The van der Waals surface area contributed by atoms with Crippen LogP contribution in [0.1, 0.15) is 17.5 Å². The fraction of sp³-hybridized carbons (Fsp3) is 0.261. The third-order valence-electron chi connectivity index (χ3n) is 4.80. The molecule has 9 nitrogen and oxygen atoms in total. The average molecular weight is 469 g/mol. The number of amidine groups is 1. The molecule has 172 valence electrons. The van der Waals surface area contributed by atoms with Crippen molar-refractivity contribution in [3.8, 4) is 5.75 Å². The van der Waals surface area contributed by atoms with E-state index < -0.39 is 16.1 Å². The van der Waals surface area contributed by atoms with E-state index in [1.807, 2.05) is 32.0 Å². The summed E-state index contributed by atoms with van der Waals surface area (Å²) in [5.74, 6) is -0.485. The normalized spacial score (nSPS) is 16.7. The highest BCUT2D eigenvalue weighted by Gasteiger charge is 2.38. The minimum atomic E-state index is -0.654. The molecule has 1 aliphatic rings. The Bertz CT molecular complexity index is 1130. The number of hydrogen-bond acceptors (Lipinski definition) is 7. The van der Waals surface area contributed by atoms with E-state index in [0.717, 1.165) is 16.8 Å². The van der Waals surface area contributed by atoms with E-state index in [1.165, 1.54) is 42.0 Å². The first-order chi connectivity index (χ1) is 15.7. The molecule has 0 radical (unpaired) electrons. The van der Waals surface area contributed by atoms with Gasteiger partial charge in [0.05, 0.1) is 29.5 Å². The Hall–Kier alpha value is -3.66. The minimum absolute atomic E-state index is 0.0941. The summed E-state index contributed by atoms with van der Waals surface area (Å²) in [5.41, 5.74) is 2.99. The van der Waals surface area contributed by atoms with Crippen molar-refractivity contribution >= 4 is 45.8 Å². The van der Waals surface area contributed by atoms with E-state index in [-0.39, 0.29) is 36.0 Å². The molecule has 0 aromatic heterocycles. The monoisotopic (exact) mass is 468 g/mol. The molecule has 0 bridgehead atoms. The molecule has 0 aliphatic carbocycles. The summed E-state index contributed by atoms with van der Waals surface area (Å²) in [5, 5.41) is 13.5. The van der Waals surface area contributed by atoms with E-state index in [4.69, 9.17) is 4.74 Å². The molecule has 2 aromatic carbocycles. The van der Waals surface area contributed by atoms with Gasteiger partial charge in [0.1, 0.15) is 11.0 Å². The number of rotatable bonds is 8. The lowest BCUT2D eigenvalue weighted by atomic mass is 10.1. The van der Waals surface area contributed by atoms with Gasteiger partial charge in [-0.25, -0.2) is 4.99 Å². The molecule has 1 atom stereocenters. The number of hydrogen-bond donors (Lipinski definition) is 1. The summed E-state index contributed by atoms with van der Waals surface area (Å²) in [6.07, 6.45) is 1.52. The van der Waals surface area contributed by atoms with Crippen molar-refractivity contribution < 1.29 is 19.2 Å². The first-order valence-corrected chi connectivity index (χ1v) is 11.0. The Morgan fingerprint density at radius 1 is 1.30 bits per heavy atom. The zero-order valence-corrected chi connectivity index (χ0v) is 19.3. The maximum absolute atomic E-state index is 13.0. The molecule has 1 N–H and O–H groups in total. The number of thioether (sulfide) groups is 1. The van der Waals surface area contributed by atoms with Crippen molar-refractivity contribution in [3.63, 3.8) is 0 Å². The Kier molecular flexibility index (Phi) is 7.49. The molecule has 0 spiro atoms. The maximum Gasteiger partial charge on any atom is 0.273 e. The Morgan fingerprint density at radius 2 is 2.00 bits per heavy atom. The lowest BCUT2D eigenvalue weighted by Crippen LogP contribution is -2.33. The molecule has 33 heavy (non-hydrogen) atoms. The van der Waals surface area contributed by atoms with Gasteiger partial charge in [0, 0.05) is 19.0 Å². The molecule has 1 saturated heterocycles. The maximum atomic E-state index is 13.0. The largest absolute Gasteiger partial charge is 0.494 e. The van der Waals surface area contributed by atoms with Gasteiger partial charge in [0.15, 0.2) is 5.17 Å². The zero-order valence-electron chi connectivity index (χ0n) is 18.5. The van der Waals surface area contributed by atoms with E-state index in [0.29, 0.717) is 5.17 Å². The van der Waals surface area contributed by atoms with E-state index in [1.54, 1.807) is 6.08 Å². The Balaban J connectivity index is 1.77. The molecule has 10 heteroatoms. The lowest BCUT2D eigenvalue weighted by molar-refractivity contribution is -0.384. The molecule has 2 aromatic rings. The van der Waals surface area contributed by atoms with Gasteiger partial charge in [-0.15, -0.1) is 6.58 Å². The van der Waals surface area contributed by atoms with Gasteiger partial charge < -0.3 is 10.1 Å². The molecule has 0 saturated carbocycles. The van der Waals surface area contributed by atoms with Gasteiger partial charge in [-0.2, -0.15) is 0 Å². The third kappa shape index (κ3) is 5.78.